The Labute approximate surface area is 133 Å². The highest BCUT2D eigenvalue weighted by atomic mass is 16.4. The Bertz CT molecular complexity index is 669. The van der Waals surface area contributed by atoms with Crippen molar-refractivity contribution in [2.75, 3.05) is 6.54 Å². The Morgan fingerprint density at radius 1 is 1.09 bits per heavy atom. The number of allylic oxidation sites excluding steroid dienone is 2. The smallest absolute Gasteiger partial charge is 0.307 e. The molecule has 23 heavy (non-hydrogen) atoms. The normalized spacial score (nSPS) is 28.0. The van der Waals surface area contributed by atoms with E-state index in [0.717, 1.165) is 12.0 Å². The molecule has 0 heterocycles. The van der Waals surface area contributed by atoms with E-state index in [1.165, 1.54) is 12.1 Å². The largest absolute Gasteiger partial charge is 0.504 e. The summed E-state index contributed by atoms with van der Waals surface area (Å²) in [4.78, 5) is 23.8. The van der Waals surface area contributed by atoms with Crippen LogP contribution in [0.3, 0.4) is 0 Å². The zero-order chi connectivity index (χ0) is 16.6. The zero-order valence-electron chi connectivity index (χ0n) is 12.5. The van der Waals surface area contributed by atoms with Gasteiger partial charge >= 0.3 is 5.97 Å². The number of carbonyl (C=O) groups is 2. The van der Waals surface area contributed by atoms with E-state index in [0.29, 0.717) is 13.0 Å². The maximum absolute atomic E-state index is 12.4. The zero-order valence-corrected chi connectivity index (χ0v) is 12.5. The predicted octanol–water partition coefficient (Wildman–Crippen LogP) is 1.28. The van der Waals surface area contributed by atoms with Crippen molar-refractivity contribution in [3.63, 3.8) is 0 Å². The van der Waals surface area contributed by atoms with Gasteiger partial charge in [0.15, 0.2) is 11.5 Å². The lowest BCUT2D eigenvalue weighted by molar-refractivity contribution is -0.147. The lowest BCUT2D eigenvalue weighted by Crippen LogP contribution is -2.40. The predicted molar refractivity (Wildman–Crippen MR) is 81.8 cm³/mol. The number of amides is 1. The summed E-state index contributed by atoms with van der Waals surface area (Å²) < 4.78 is 0. The summed E-state index contributed by atoms with van der Waals surface area (Å²) in [6.07, 6.45) is 5.09. The van der Waals surface area contributed by atoms with Crippen LogP contribution in [0.15, 0.2) is 30.4 Å². The van der Waals surface area contributed by atoms with Crippen LogP contribution in [-0.2, 0) is 16.0 Å². The van der Waals surface area contributed by atoms with E-state index in [4.69, 9.17) is 0 Å². The number of aliphatic carboxylic acids is 1. The van der Waals surface area contributed by atoms with Crippen LogP contribution in [0.25, 0.3) is 0 Å². The summed E-state index contributed by atoms with van der Waals surface area (Å²) >= 11 is 0. The van der Waals surface area contributed by atoms with Crippen LogP contribution in [0.2, 0.25) is 0 Å². The number of nitrogens with one attached hydrogen (secondary N) is 1. The van der Waals surface area contributed by atoms with Gasteiger partial charge in [0.05, 0.1) is 11.8 Å². The molecule has 2 aliphatic rings. The number of fused-ring (bicyclic) bond motifs is 2. The minimum atomic E-state index is -0.912. The van der Waals surface area contributed by atoms with Crippen LogP contribution in [0.1, 0.15) is 12.0 Å². The highest BCUT2D eigenvalue weighted by molar-refractivity contribution is 5.86. The van der Waals surface area contributed by atoms with Crippen LogP contribution in [0.4, 0.5) is 0 Å². The number of carboxylic acid groups (broad SMARTS) is 1. The quantitative estimate of drug-likeness (QED) is 0.483. The van der Waals surface area contributed by atoms with Gasteiger partial charge in [-0.3, -0.25) is 9.59 Å². The van der Waals surface area contributed by atoms with Crippen molar-refractivity contribution < 1.29 is 24.9 Å². The van der Waals surface area contributed by atoms with Gasteiger partial charge in [-0.1, -0.05) is 18.2 Å². The molecule has 1 aromatic rings. The molecule has 4 N–H and O–H groups in total. The highest BCUT2D eigenvalue weighted by Gasteiger charge is 2.51. The van der Waals surface area contributed by atoms with E-state index in [1.807, 2.05) is 12.2 Å². The number of benzene rings is 1. The third kappa shape index (κ3) is 2.88. The Hall–Kier alpha value is -2.50. The van der Waals surface area contributed by atoms with E-state index >= 15 is 0 Å². The summed E-state index contributed by atoms with van der Waals surface area (Å²) in [7, 11) is 0. The first-order valence-corrected chi connectivity index (χ1v) is 7.67. The molecule has 1 amide bonds. The van der Waals surface area contributed by atoms with E-state index < -0.39 is 17.8 Å². The van der Waals surface area contributed by atoms with Gasteiger partial charge in [0.1, 0.15) is 0 Å². The van der Waals surface area contributed by atoms with Crippen molar-refractivity contribution >= 4 is 11.9 Å². The number of hydrogen-bond donors (Lipinski definition) is 4. The van der Waals surface area contributed by atoms with Gasteiger partial charge in [0, 0.05) is 6.54 Å². The minimum Gasteiger partial charge on any atom is -0.504 e. The van der Waals surface area contributed by atoms with Gasteiger partial charge < -0.3 is 20.6 Å². The maximum atomic E-state index is 12.4. The molecule has 4 unspecified atom stereocenters. The number of carbonyl (C=O) groups excluding carboxylic acids is 1. The third-order valence-corrected chi connectivity index (χ3v) is 4.80. The summed E-state index contributed by atoms with van der Waals surface area (Å²) in [5.74, 6) is -2.68. The van der Waals surface area contributed by atoms with Gasteiger partial charge in [0.25, 0.3) is 0 Å². The summed E-state index contributed by atoms with van der Waals surface area (Å²) in [5.41, 5.74) is 0.781. The van der Waals surface area contributed by atoms with Crippen molar-refractivity contribution in [3.8, 4) is 11.5 Å². The topological polar surface area (TPSA) is 107 Å². The molecule has 4 atom stereocenters. The van der Waals surface area contributed by atoms with Crippen LogP contribution >= 0.6 is 0 Å². The highest BCUT2D eigenvalue weighted by Crippen LogP contribution is 2.48. The first-order chi connectivity index (χ1) is 11.0. The van der Waals surface area contributed by atoms with Crippen LogP contribution in [0, 0.1) is 23.7 Å². The number of phenols is 2. The monoisotopic (exact) mass is 317 g/mol. The van der Waals surface area contributed by atoms with Crippen LogP contribution in [-0.4, -0.2) is 33.7 Å². The fourth-order valence-electron chi connectivity index (χ4n) is 3.69. The molecular formula is C17H19NO5. The molecule has 0 aliphatic heterocycles. The van der Waals surface area contributed by atoms with Crippen molar-refractivity contribution in [2.45, 2.75) is 12.8 Å². The average Bonchev–Trinajstić information content (AvgIpc) is 3.11. The molecule has 3 rings (SSSR count). The molecule has 2 aliphatic carbocycles. The van der Waals surface area contributed by atoms with Gasteiger partial charge in [-0.15, -0.1) is 0 Å². The number of rotatable bonds is 5. The molecule has 1 aromatic carbocycles. The first-order valence-electron chi connectivity index (χ1n) is 7.67. The number of carboxylic acids is 1. The van der Waals surface area contributed by atoms with Gasteiger partial charge in [-0.05, 0) is 42.4 Å². The molecule has 122 valence electrons. The summed E-state index contributed by atoms with van der Waals surface area (Å²) in [6.45, 7) is 0.354. The van der Waals surface area contributed by atoms with Gasteiger partial charge in [0.2, 0.25) is 5.91 Å². The van der Waals surface area contributed by atoms with Crippen molar-refractivity contribution in [3.05, 3.63) is 35.9 Å². The van der Waals surface area contributed by atoms with Gasteiger partial charge in [-0.25, -0.2) is 0 Å². The molecule has 1 fully saturated rings. The van der Waals surface area contributed by atoms with Crippen molar-refractivity contribution in [1.82, 2.24) is 5.32 Å². The SMILES string of the molecule is O=C(O)C1C2C=CC(C2)C1C(=O)NCCc1ccc(O)c(O)c1. The van der Waals surface area contributed by atoms with E-state index in [-0.39, 0.29) is 29.2 Å². The fraction of sp³-hybridized carbons (Fsp3) is 0.412. The molecule has 6 heteroatoms. The molecule has 1 saturated carbocycles. The Morgan fingerprint density at radius 3 is 2.43 bits per heavy atom. The first kappa shape index (κ1) is 15.4. The molecule has 0 radical (unpaired) electrons. The minimum absolute atomic E-state index is 0.0128. The average molecular weight is 317 g/mol. The second kappa shape index (κ2) is 5.95. The standard InChI is InChI=1S/C17H19NO5/c19-12-4-1-9(7-13(12)20)5-6-18-16(21)14-10-2-3-11(8-10)15(14)17(22)23/h1-4,7,10-11,14-15,19-20H,5-6,8H2,(H,18,21)(H,22,23). The Balaban J connectivity index is 1.58. The van der Waals surface area contributed by atoms with E-state index in [2.05, 4.69) is 5.32 Å². The Morgan fingerprint density at radius 2 is 1.78 bits per heavy atom. The van der Waals surface area contributed by atoms with Crippen molar-refractivity contribution in [1.29, 1.82) is 0 Å². The summed E-state index contributed by atoms with van der Waals surface area (Å²) in [6, 6.07) is 4.51. The number of aromatic hydroxyl groups is 2. The second-order valence-electron chi connectivity index (χ2n) is 6.20. The van der Waals surface area contributed by atoms with Gasteiger partial charge in [-0.2, -0.15) is 0 Å². The number of hydrogen-bond acceptors (Lipinski definition) is 4. The van der Waals surface area contributed by atoms with E-state index in [9.17, 15) is 24.9 Å². The molecule has 0 saturated heterocycles. The molecule has 2 bridgehead atoms. The molecule has 0 aromatic heterocycles. The molecule has 6 nitrogen and oxygen atoms in total. The Kier molecular flexibility index (Phi) is 3.98. The lowest BCUT2D eigenvalue weighted by atomic mass is 9.82. The maximum Gasteiger partial charge on any atom is 0.307 e. The number of phenolic OH excluding ortho intramolecular Hbond substituents is 2. The van der Waals surface area contributed by atoms with Crippen LogP contribution < -0.4 is 5.32 Å². The lowest BCUT2D eigenvalue weighted by Gasteiger charge is -2.23. The second-order valence-corrected chi connectivity index (χ2v) is 6.20. The van der Waals surface area contributed by atoms with Crippen molar-refractivity contribution in [2.24, 2.45) is 23.7 Å². The van der Waals surface area contributed by atoms with E-state index in [1.54, 1.807) is 6.07 Å². The molecule has 0 spiro atoms. The summed E-state index contributed by atoms with van der Waals surface area (Å²) in [5, 5.41) is 30.8. The molecular weight excluding hydrogens is 298 g/mol. The fourth-order valence-corrected chi connectivity index (χ4v) is 3.69. The van der Waals surface area contributed by atoms with Crippen LogP contribution in [0.5, 0.6) is 11.5 Å². The third-order valence-electron chi connectivity index (χ3n) is 4.80.